The zero-order valence-corrected chi connectivity index (χ0v) is 16.0. The van der Waals surface area contributed by atoms with Gasteiger partial charge in [-0.1, -0.05) is 6.07 Å². The van der Waals surface area contributed by atoms with E-state index in [1.165, 1.54) is 30.3 Å². The van der Waals surface area contributed by atoms with Crippen LogP contribution in [0.25, 0.3) is 0 Å². The second-order valence-electron chi connectivity index (χ2n) is 7.13. The number of phenols is 4. The van der Waals surface area contributed by atoms with Crippen molar-refractivity contribution in [3.63, 3.8) is 0 Å². The molecule has 30 heavy (non-hydrogen) atoms. The van der Waals surface area contributed by atoms with Crippen molar-refractivity contribution in [2.24, 2.45) is 7.05 Å². The number of fused-ring (bicyclic) bond motifs is 1. The molecule has 0 fully saturated rings. The summed E-state index contributed by atoms with van der Waals surface area (Å²) in [5, 5.41) is 39.5. The van der Waals surface area contributed by atoms with Gasteiger partial charge in [0, 0.05) is 35.7 Å². The summed E-state index contributed by atoms with van der Waals surface area (Å²) >= 11 is 0. The molecule has 0 saturated heterocycles. The zero-order chi connectivity index (χ0) is 21.4. The molecule has 0 radical (unpaired) electrons. The number of aromatic nitrogens is 1. The van der Waals surface area contributed by atoms with Gasteiger partial charge < -0.3 is 29.9 Å². The lowest BCUT2D eigenvalue weighted by molar-refractivity contribution is -0.671. The van der Waals surface area contributed by atoms with Crippen LogP contribution in [0.4, 0.5) is 0 Å². The van der Waals surface area contributed by atoms with E-state index in [9.17, 15) is 25.2 Å². The molecule has 1 aliphatic rings. The van der Waals surface area contributed by atoms with Gasteiger partial charge in [0.1, 0.15) is 36.0 Å². The number of benzene rings is 2. The summed E-state index contributed by atoms with van der Waals surface area (Å²) in [5.74, 6) is -1.33. The fraction of sp³-hybridized carbons (Fsp3) is 0.182. The molecule has 1 aromatic heterocycles. The number of carbonyl (C=O) groups is 1. The minimum absolute atomic E-state index is 0.123. The molecule has 0 bridgehead atoms. The van der Waals surface area contributed by atoms with Gasteiger partial charge in [-0.25, -0.2) is 9.36 Å². The number of esters is 1. The van der Waals surface area contributed by atoms with Gasteiger partial charge in [-0.3, -0.25) is 0 Å². The van der Waals surface area contributed by atoms with Crippen LogP contribution in [0.2, 0.25) is 0 Å². The van der Waals surface area contributed by atoms with Crippen LogP contribution in [-0.4, -0.2) is 32.5 Å². The van der Waals surface area contributed by atoms with E-state index in [2.05, 4.69) is 0 Å². The Labute approximate surface area is 171 Å². The molecule has 0 amide bonds. The highest BCUT2D eigenvalue weighted by Crippen LogP contribution is 2.43. The maximum Gasteiger partial charge on any atom is 0.344 e. The van der Waals surface area contributed by atoms with Crippen molar-refractivity contribution >= 4 is 5.97 Å². The van der Waals surface area contributed by atoms with Crippen molar-refractivity contribution in [3.8, 4) is 28.7 Å². The lowest BCUT2D eigenvalue weighted by Gasteiger charge is -2.33. The first kappa shape index (κ1) is 19.4. The second-order valence-corrected chi connectivity index (χ2v) is 7.13. The average molecular weight is 410 g/mol. The number of rotatable bonds is 3. The number of phenolic OH excluding ortho intramolecular Hbond substituents is 4. The summed E-state index contributed by atoms with van der Waals surface area (Å²) in [7, 11) is 1.78. The van der Waals surface area contributed by atoms with E-state index in [4.69, 9.17) is 9.47 Å². The predicted molar refractivity (Wildman–Crippen MR) is 103 cm³/mol. The highest BCUT2D eigenvalue weighted by molar-refractivity contribution is 5.88. The number of nitrogens with zero attached hydrogens (tertiary/aromatic N) is 1. The first-order chi connectivity index (χ1) is 14.3. The fourth-order valence-electron chi connectivity index (χ4n) is 3.47. The van der Waals surface area contributed by atoms with Crippen molar-refractivity contribution < 1.29 is 39.3 Å². The molecule has 4 N–H and O–H groups in total. The van der Waals surface area contributed by atoms with Crippen LogP contribution in [0.3, 0.4) is 0 Å². The molecule has 0 unspecified atom stereocenters. The topological polar surface area (TPSA) is 120 Å². The van der Waals surface area contributed by atoms with E-state index < -0.39 is 18.2 Å². The molecule has 8 heteroatoms. The summed E-state index contributed by atoms with van der Waals surface area (Å²) in [6, 6.07) is 10.0. The standard InChI is InChI=1S/C22H19NO7/c1-23-6-2-3-13(11-23)22(28)30-20-10-15-17(26)8-14(24)9-19(15)29-21(20)12-4-5-16(25)18(27)7-12/h2-9,11,20-21H,10H2,1H3,(H3-,24,25,26,27)/p+1/t20-,21-/m1/s1. The average Bonchev–Trinajstić information content (AvgIpc) is 2.70. The van der Waals surface area contributed by atoms with Crippen LogP contribution in [-0.2, 0) is 18.2 Å². The number of ether oxygens (including phenoxy) is 2. The van der Waals surface area contributed by atoms with E-state index in [1.807, 2.05) is 0 Å². The van der Waals surface area contributed by atoms with Crippen LogP contribution < -0.4 is 9.30 Å². The van der Waals surface area contributed by atoms with E-state index in [-0.39, 0.29) is 35.2 Å². The third kappa shape index (κ3) is 3.67. The zero-order valence-electron chi connectivity index (χ0n) is 16.0. The number of hydrogen-bond acceptors (Lipinski definition) is 7. The third-order valence-corrected chi connectivity index (χ3v) is 4.93. The SMILES string of the molecule is C[n+]1cccc(C(=O)O[C@@H]2Cc3c(O)cc(O)cc3O[C@@H]2c2ccc(O)c(O)c2)c1. The van der Waals surface area contributed by atoms with Crippen LogP contribution in [0.5, 0.6) is 28.7 Å². The van der Waals surface area contributed by atoms with E-state index in [0.29, 0.717) is 16.7 Å². The minimum Gasteiger partial charge on any atom is -0.508 e. The Morgan fingerprint density at radius 3 is 2.60 bits per heavy atom. The van der Waals surface area contributed by atoms with Crippen LogP contribution >= 0.6 is 0 Å². The Bertz CT molecular complexity index is 1130. The molecule has 2 aromatic carbocycles. The number of hydrogen-bond donors (Lipinski definition) is 4. The van der Waals surface area contributed by atoms with Crippen molar-refractivity contribution in [1.29, 1.82) is 0 Å². The monoisotopic (exact) mass is 410 g/mol. The molecule has 8 nitrogen and oxygen atoms in total. The van der Waals surface area contributed by atoms with Crippen LogP contribution in [0.1, 0.15) is 27.6 Å². The van der Waals surface area contributed by atoms with Crippen molar-refractivity contribution in [2.75, 3.05) is 0 Å². The smallest absolute Gasteiger partial charge is 0.344 e. The molecule has 1 aliphatic heterocycles. The minimum atomic E-state index is -0.841. The normalized spacial score (nSPS) is 17.6. The number of carbonyl (C=O) groups excluding carboxylic acids is 1. The highest BCUT2D eigenvalue weighted by Gasteiger charge is 2.37. The summed E-state index contributed by atoms with van der Waals surface area (Å²) in [5.41, 5.74) is 1.19. The van der Waals surface area contributed by atoms with Gasteiger partial charge in [0.05, 0.1) is 0 Å². The van der Waals surface area contributed by atoms with Gasteiger partial charge in [0.2, 0.25) is 0 Å². The Balaban J connectivity index is 1.72. The third-order valence-electron chi connectivity index (χ3n) is 4.93. The Hall–Kier alpha value is -3.94. The number of aryl methyl sites for hydroxylation is 1. The van der Waals surface area contributed by atoms with Gasteiger partial charge >= 0.3 is 5.97 Å². The van der Waals surface area contributed by atoms with Crippen molar-refractivity contribution in [2.45, 2.75) is 18.6 Å². The van der Waals surface area contributed by atoms with E-state index >= 15 is 0 Å². The summed E-state index contributed by atoms with van der Waals surface area (Å²) in [6.45, 7) is 0. The van der Waals surface area contributed by atoms with Crippen LogP contribution in [0.15, 0.2) is 54.9 Å². The first-order valence-corrected chi connectivity index (χ1v) is 9.21. The maximum absolute atomic E-state index is 12.7. The molecule has 154 valence electrons. The van der Waals surface area contributed by atoms with E-state index in [1.54, 1.807) is 36.1 Å². The molecule has 0 aliphatic carbocycles. The van der Waals surface area contributed by atoms with E-state index in [0.717, 1.165) is 0 Å². The molecular formula is C22H20NO7+. The molecule has 0 saturated carbocycles. The number of pyridine rings is 1. The molecule has 2 heterocycles. The number of aromatic hydroxyl groups is 4. The molecule has 3 aromatic rings. The molecular weight excluding hydrogens is 390 g/mol. The van der Waals surface area contributed by atoms with Gasteiger partial charge in [-0.05, 0) is 18.2 Å². The van der Waals surface area contributed by atoms with Gasteiger partial charge in [-0.2, -0.15) is 0 Å². The largest absolute Gasteiger partial charge is 0.508 e. The lowest BCUT2D eigenvalue weighted by Crippen LogP contribution is -2.35. The van der Waals surface area contributed by atoms with Crippen LogP contribution in [0, 0.1) is 0 Å². The fourth-order valence-corrected chi connectivity index (χ4v) is 3.47. The summed E-state index contributed by atoms with van der Waals surface area (Å²) < 4.78 is 13.4. The molecule has 4 rings (SSSR count). The lowest BCUT2D eigenvalue weighted by atomic mass is 9.93. The quantitative estimate of drug-likeness (QED) is 0.297. The summed E-state index contributed by atoms with van der Waals surface area (Å²) in [6.07, 6.45) is 1.85. The molecule has 2 atom stereocenters. The van der Waals surface area contributed by atoms with Crippen molar-refractivity contribution in [1.82, 2.24) is 0 Å². The Kier molecular flexibility index (Phi) is 4.83. The summed E-state index contributed by atoms with van der Waals surface area (Å²) in [4.78, 5) is 12.7. The van der Waals surface area contributed by atoms with Gasteiger partial charge in [0.25, 0.3) is 0 Å². The van der Waals surface area contributed by atoms with Gasteiger partial charge in [0.15, 0.2) is 30.0 Å². The predicted octanol–water partition coefficient (Wildman–Crippen LogP) is 2.24. The van der Waals surface area contributed by atoms with Gasteiger partial charge in [-0.15, -0.1) is 0 Å². The first-order valence-electron chi connectivity index (χ1n) is 9.21. The Morgan fingerprint density at radius 2 is 1.87 bits per heavy atom. The van der Waals surface area contributed by atoms with Crippen molar-refractivity contribution in [3.05, 3.63) is 71.5 Å². The maximum atomic E-state index is 12.7. The second kappa shape index (κ2) is 7.47. The molecule has 0 spiro atoms. The highest BCUT2D eigenvalue weighted by atomic mass is 16.6. The Morgan fingerprint density at radius 1 is 1.07 bits per heavy atom.